The zero-order valence-electron chi connectivity index (χ0n) is 27.7. The molecule has 3 aromatic heterocycles. The molecule has 11 aromatic rings. The first kappa shape index (κ1) is 28.0. The van der Waals surface area contributed by atoms with Gasteiger partial charge in [-0.15, -0.1) is 0 Å². The standard InChI is InChI=1S/C48H31N3/c1-3-15-32(16-4-1)33-17-13-20-35(31-33)50-40-24-10-7-21-36(40)37-29-30-45-47(48(37)50)39-23-9-12-26-42(39)51(45)44-28-14-27-43-46(44)38-22-8-11-25-41(38)49(43)34-18-5-2-6-19-34/h1-31H. The molecule has 0 fully saturated rings. The molecule has 0 aliphatic carbocycles. The predicted octanol–water partition coefficient (Wildman–Crippen LogP) is 12.6. The molecule has 0 aliphatic rings. The van der Waals surface area contributed by atoms with E-state index in [-0.39, 0.29) is 0 Å². The molecule has 3 heteroatoms. The molecule has 0 unspecified atom stereocenters. The molecule has 11 rings (SSSR count). The van der Waals surface area contributed by atoms with Gasteiger partial charge in [0.25, 0.3) is 0 Å². The zero-order valence-corrected chi connectivity index (χ0v) is 27.7. The molecule has 0 atom stereocenters. The van der Waals surface area contributed by atoms with Crippen molar-refractivity contribution in [3.05, 3.63) is 188 Å². The molecule has 0 saturated carbocycles. The number of para-hydroxylation sites is 4. The Morgan fingerprint density at radius 2 is 0.804 bits per heavy atom. The van der Waals surface area contributed by atoms with E-state index >= 15 is 0 Å². The zero-order chi connectivity index (χ0) is 33.5. The van der Waals surface area contributed by atoms with Crippen LogP contribution in [-0.2, 0) is 0 Å². The topological polar surface area (TPSA) is 14.8 Å². The van der Waals surface area contributed by atoms with Crippen LogP contribution >= 0.6 is 0 Å². The smallest absolute Gasteiger partial charge is 0.0641 e. The number of aromatic nitrogens is 3. The van der Waals surface area contributed by atoms with E-state index in [1.165, 1.54) is 82.2 Å². The van der Waals surface area contributed by atoms with Gasteiger partial charge in [0.2, 0.25) is 0 Å². The average Bonchev–Trinajstić information content (AvgIpc) is 3.84. The van der Waals surface area contributed by atoms with Gasteiger partial charge in [-0.3, -0.25) is 0 Å². The van der Waals surface area contributed by atoms with Crippen LogP contribution in [0.15, 0.2) is 188 Å². The number of fused-ring (bicyclic) bond motifs is 10. The highest BCUT2D eigenvalue weighted by atomic mass is 15.0. The molecule has 51 heavy (non-hydrogen) atoms. The fourth-order valence-corrected chi connectivity index (χ4v) is 8.53. The summed E-state index contributed by atoms with van der Waals surface area (Å²) < 4.78 is 7.38. The first-order chi connectivity index (χ1) is 25.3. The van der Waals surface area contributed by atoms with E-state index in [0.29, 0.717) is 0 Å². The van der Waals surface area contributed by atoms with Gasteiger partial charge in [0.15, 0.2) is 0 Å². The van der Waals surface area contributed by atoms with Crippen molar-refractivity contribution in [1.29, 1.82) is 0 Å². The number of hydrogen-bond acceptors (Lipinski definition) is 0. The minimum atomic E-state index is 1.15. The molecule has 8 aromatic carbocycles. The lowest BCUT2D eigenvalue weighted by Crippen LogP contribution is -1.97. The first-order valence-electron chi connectivity index (χ1n) is 17.5. The predicted molar refractivity (Wildman–Crippen MR) is 215 cm³/mol. The summed E-state index contributed by atoms with van der Waals surface area (Å²) in [6.07, 6.45) is 0. The lowest BCUT2D eigenvalue weighted by molar-refractivity contribution is 1.17. The van der Waals surface area contributed by atoms with Crippen molar-refractivity contribution < 1.29 is 0 Å². The number of rotatable bonds is 4. The van der Waals surface area contributed by atoms with Gasteiger partial charge in [0, 0.05) is 43.7 Å². The highest BCUT2D eigenvalue weighted by Gasteiger charge is 2.23. The second-order valence-corrected chi connectivity index (χ2v) is 13.3. The maximum absolute atomic E-state index is 2.50. The third-order valence-corrected chi connectivity index (χ3v) is 10.6. The average molecular weight is 650 g/mol. The van der Waals surface area contributed by atoms with Gasteiger partial charge in [-0.2, -0.15) is 0 Å². The van der Waals surface area contributed by atoms with Crippen LogP contribution in [0.2, 0.25) is 0 Å². The summed E-state index contributed by atoms with van der Waals surface area (Å²) in [5, 5.41) is 7.49. The molecule has 0 N–H and O–H groups in total. The fourth-order valence-electron chi connectivity index (χ4n) is 8.53. The van der Waals surface area contributed by atoms with Gasteiger partial charge in [-0.1, -0.05) is 127 Å². The quantitative estimate of drug-likeness (QED) is 0.180. The van der Waals surface area contributed by atoms with Crippen molar-refractivity contribution in [1.82, 2.24) is 13.7 Å². The van der Waals surface area contributed by atoms with Crippen LogP contribution in [0.25, 0.3) is 93.6 Å². The van der Waals surface area contributed by atoms with E-state index in [9.17, 15) is 0 Å². The molecule has 3 nitrogen and oxygen atoms in total. The Balaban J connectivity index is 1.28. The molecule has 238 valence electrons. The molecule has 0 spiro atoms. The summed E-state index contributed by atoms with van der Waals surface area (Å²) >= 11 is 0. The van der Waals surface area contributed by atoms with Crippen LogP contribution in [0, 0.1) is 0 Å². The molecule has 0 saturated heterocycles. The number of benzene rings is 8. The Bertz CT molecular complexity index is 3120. The lowest BCUT2D eigenvalue weighted by atomic mass is 10.0. The van der Waals surface area contributed by atoms with Gasteiger partial charge in [0.05, 0.1) is 38.8 Å². The molecular weight excluding hydrogens is 619 g/mol. The van der Waals surface area contributed by atoms with E-state index in [4.69, 9.17) is 0 Å². The first-order valence-corrected chi connectivity index (χ1v) is 17.5. The molecule has 0 aliphatic heterocycles. The Hall–Kier alpha value is -6.84. The highest BCUT2D eigenvalue weighted by molar-refractivity contribution is 6.27. The largest absolute Gasteiger partial charge is 0.309 e. The Kier molecular flexibility index (Phi) is 5.96. The van der Waals surface area contributed by atoms with Gasteiger partial charge in [-0.25, -0.2) is 0 Å². The minimum Gasteiger partial charge on any atom is -0.309 e. The van der Waals surface area contributed by atoms with Crippen LogP contribution in [-0.4, -0.2) is 13.7 Å². The van der Waals surface area contributed by atoms with Gasteiger partial charge < -0.3 is 13.7 Å². The molecule has 3 heterocycles. The summed E-state index contributed by atoms with van der Waals surface area (Å²) in [6.45, 7) is 0. The fraction of sp³-hybridized carbons (Fsp3) is 0. The summed E-state index contributed by atoms with van der Waals surface area (Å²) in [7, 11) is 0. The molecule has 0 bridgehead atoms. The van der Waals surface area contributed by atoms with Gasteiger partial charge >= 0.3 is 0 Å². The van der Waals surface area contributed by atoms with Crippen molar-refractivity contribution in [2.75, 3.05) is 0 Å². The van der Waals surface area contributed by atoms with Crippen molar-refractivity contribution in [3.8, 4) is 28.2 Å². The van der Waals surface area contributed by atoms with Crippen molar-refractivity contribution >= 4 is 65.4 Å². The lowest BCUT2D eigenvalue weighted by Gasteiger charge is -2.12. The van der Waals surface area contributed by atoms with Crippen LogP contribution in [0.5, 0.6) is 0 Å². The minimum absolute atomic E-state index is 1.15. The van der Waals surface area contributed by atoms with Crippen molar-refractivity contribution in [2.24, 2.45) is 0 Å². The maximum Gasteiger partial charge on any atom is 0.0641 e. The highest BCUT2D eigenvalue weighted by Crippen LogP contribution is 2.44. The van der Waals surface area contributed by atoms with E-state index in [1.54, 1.807) is 0 Å². The summed E-state index contributed by atoms with van der Waals surface area (Å²) in [5.41, 5.74) is 13.1. The van der Waals surface area contributed by atoms with Crippen LogP contribution < -0.4 is 0 Å². The van der Waals surface area contributed by atoms with Gasteiger partial charge in [0.1, 0.15) is 0 Å². The second-order valence-electron chi connectivity index (χ2n) is 13.3. The monoisotopic (exact) mass is 649 g/mol. The number of hydrogen-bond donors (Lipinski definition) is 0. The third kappa shape index (κ3) is 4.00. The second kappa shape index (κ2) is 10.8. The van der Waals surface area contributed by atoms with Crippen LogP contribution in [0.3, 0.4) is 0 Å². The molecule has 0 amide bonds. The van der Waals surface area contributed by atoms with Gasteiger partial charge in [-0.05, 0) is 71.8 Å². The normalized spacial score (nSPS) is 11.9. The van der Waals surface area contributed by atoms with E-state index in [2.05, 4.69) is 202 Å². The summed E-state index contributed by atoms with van der Waals surface area (Å²) in [4.78, 5) is 0. The van der Waals surface area contributed by atoms with Crippen LogP contribution in [0.1, 0.15) is 0 Å². The van der Waals surface area contributed by atoms with E-state index in [1.807, 2.05) is 0 Å². The summed E-state index contributed by atoms with van der Waals surface area (Å²) in [5.74, 6) is 0. The maximum atomic E-state index is 2.50. The molecular formula is C48H31N3. The Morgan fingerprint density at radius 3 is 1.57 bits per heavy atom. The summed E-state index contributed by atoms with van der Waals surface area (Å²) in [6, 6.07) is 68.3. The molecule has 0 radical (unpaired) electrons. The van der Waals surface area contributed by atoms with E-state index < -0.39 is 0 Å². The van der Waals surface area contributed by atoms with Crippen molar-refractivity contribution in [3.63, 3.8) is 0 Å². The SMILES string of the molecule is c1ccc(-c2cccc(-n3c4ccccc4c4ccc5c(c6ccccc6n5-c5cccc6c5c5ccccc5n6-c5ccccc5)c43)c2)cc1. The Morgan fingerprint density at radius 1 is 0.275 bits per heavy atom. The Labute approximate surface area is 294 Å². The third-order valence-electron chi connectivity index (χ3n) is 10.6. The van der Waals surface area contributed by atoms with E-state index in [0.717, 1.165) is 11.4 Å². The van der Waals surface area contributed by atoms with Crippen LogP contribution in [0.4, 0.5) is 0 Å². The number of nitrogens with zero attached hydrogens (tertiary/aromatic N) is 3. The van der Waals surface area contributed by atoms with Crippen molar-refractivity contribution in [2.45, 2.75) is 0 Å².